The minimum absolute atomic E-state index is 0.0354. The van der Waals surface area contributed by atoms with Crippen molar-refractivity contribution < 1.29 is 14.4 Å². The lowest BCUT2D eigenvalue weighted by molar-refractivity contribution is -0.145. The Bertz CT molecular complexity index is 723. The van der Waals surface area contributed by atoms with Crippen molar-refractivity contribution in [2.75, 3.05) is 24.7 Å². The van der Waals surface area contributed by atoms with Gasteiger partial charge in [-0.05, 0) is 45.7 Å². The lowest BCUT2D eigenvalue weighted by atomic mass is 9.88. The zero-order valence-corrected chi connectivity index (χ0v) is 17.2. The SMILES string of the molecule is Cc1ccc(N2CN(C(=O)CN(C(=O)C3CCCCC3)C(C)C)CC2=O)cc1. The molecule has 28 heavy (non-hydrogen) atoms. The molecular weight excluding hydrogens is 354 g/mol. The van der Waals surface area contributed by atoms with Crippen LogP contribution >= 0.6 is 0 Å². The number of amides is 3. The second-order valence-electron chi connectivity index (χ2n) is 8.29. The Kier molecular flexibility index (Phi) is 6.37. The monoisotopic (exact) mass is 385 g/mol. The number of benzene rings is 1. The summed E-state index contributed by atoms with van der Waals surface area (Å²) in [6.07, 6.45) is 5.19. The number of aryl methyl sites for hydroxylation is 1. The van der Waals surface area contributed by atoms with Gasteiger partial charge in [-0.1, -0.05) is 37.0 Å². The number of anilines is 1. The molecule has 1 saturated heterocycles. The van der Waals surface area contributed by atoms with Crippen LogP contribution < -0.4 is 4.90 Å². The van der Waals surface area contributed by atoms with E-state index in [2.05, 4.69) is 0 Å². The van der Waals surface area contributed by atoms with Gasteiger partial charge in [-0.15, -0.1) is 0 Å². The predicted molar refractivity (Wildman–Crippen MR) is 109 cm³/mol. The fourth-order valence-electron chi connectivity index (χ4n) is 4.01. The Morgan fingerprint density at radius 1 is 1.11 bits per heavy atom. The van der Waals surface area contributed by atoms with E-state index in [0.717, 1.165) is 36.9 Å². The van der Waals surface area contributed by atoms with Crippen molar-refractivity contribution in [2.24, 2.45) is 5.92 Å². The summed E-state index contributed by atoms with van der Waals surface area (Å²) in [7, 11) is 0. The maximum atomic E-state index is 12.9. The minimum atomic E-state index is -0.166. The first-order valence-electron chi connectivity index (χ1n) is 10.3. The Morgan fingerprint density at radius 3 is 2.36 bits per heavy atom. The van der Waals surface area contributed by atoms with Gasteiger partial charge >= 0.3 is 0 Å². The second kappa shape index (κ2) is 8.76. The first-order valence-corrected chi connectivity index (χ1v) is 10.3. The van der Waals surface area contributed by atoms with Crippen molar-refractivity contribution >= 4 is 23.4 Å². The maximum Gasteiger partial charge on any atom is 0.248 e. The van der Waals surface area contributed by atoms with E-state index in [9.17, 15) is 14.4 Å². The van der Waals surface area contributed by atoms with E-state index in [1.807, 2.05) is 45.0 Å². The summed E-state index contributed by atoms with van der Waals surface area (Å²) in [5.74, 6) is -0.134. The summed E-state index contributed by atoms with van der Waals surface area (Å²) >= 11 is 0. The molecule has 6 nitrogen and oxygen atoms in total. The van der Waals surface area contributed by atoms with Gasteiger partial charge in [-0.2, -0.15) is 0 Å². The molecule has 1 heterocycles. The van der Waals surface area contributed by atoms with E-state index in [-0.39, 0.29) is 49.4 Å². The summed E-state index contributed by atoms with van der Waals surface area (Å²) in [4.78, 5) is 43.1. The molecule has 2 fully saturated rings. The van der Waals surface area contributed by atoms with E-state index in [1.165, 1.54) is 6.42 Å². The molecule has 152 valence electrons. The molecule has 1 aromatic rings. The third-order valence-electron chi connectivity index (χ3n) is 5.80. The summed E-state index contributed by atoms with van der Waals surface area (Å²) in [5, 5.41) is 0. The van der Waals surface area contributed by atoms with Crippen LogP contribution in [0.15, 0.2) is 24.3 Å². The molecule has 1 aliphatic heterocycles. The van der Waals surface area contributed by atoms with Gasteiger partial charge in [0.1, 0.15) is 19.8 Å². The number of nitrogens with zero attached hydrogens (tertiary/aromatic N) is 3. The van der Waals surface area contributed by atoms with Crippen LogP contribution in [0.1, 0.15) is 51.5 Å². The summed E-state index contributed by atoms with van der Waals surface area (Å²) < 4.78 is 0. The van der Waals surface area contributed by atoms with E-state index in [4.69, 9.17) is 0 Å². The van der Waals surface area contributed by atoms with E-state index < -0.39 is 0 Å². The number of hydrogen-bond acceptors (Lipinski definition) is 3. The molecule has 3 rings (SSSR count). The van der Waals surface area contributed by atoms with Crippen molar-refractivity contribution in [1.82, 2.24) is 9.80 Å². The van der Waals surface area contributed by atoms with Crippen LogP contribution in [0.2, 0.25) is 0 Å². The highest BCUT2D eigenvalue weighted by atomic mass is 16.2. The molecule has 0 radical (unpaired) electrons. The zero-order chi connectivity index (χ0) is 20.3. The van der Waals surface area contributed by atoms with Crippen molar-refractivity contribution in [2.45, 2.75) is 58.9 Å². The van der Waals surface area contributed by atoms with Gasteiger partial charge in [0.25, 0.3) is 0 Å². The summed E-state index contributed by atoms with van der Waals surface area (Å²) in [5.41, 5.74) is 1.92. The van der Waals surface area contributed by atoms with Gasteiger partial charge in [0.2, 0.25) is 17.7 Å². The third kappa shape index (κ3) is 4.54. The standard InChI is InChI=1S/C22H31N3O3/c1-16(2)24(22(28)18-7-5-4-6-8-18)14-20(26)23-13-21(27)25(15-23)19-11-9-17(3)10-12-19/h9-12,16,18H,4-8,13-15H2,1-3H3. The van der Waals surface area contributed by atoms with Crippen LogP contribution in [0.25, 0.3) is 0 Å². The molecule has 1 saturated carbocycles. The molecule has 1 aromatic carbocycles. The number of rotatable bonds is 5. The molecule has 0 unspecified atom stereocenters. The fraction of sp³-hybridized carbons (Fsp3) is 0.591. The number of carbonyl (C=O) groups is 3. The topological polar surface area (TPSA) is 60.9 Å². The van der Waals surface area contributed by atoms with Crippen LogP contribution in [0.5, 0.6) is 0 Å². The van der Waals surface area contributed by atoms with Crippen molar-refractivity contribution in [3.63, 3.8) is 0 Å². The predicted octanol–water partition coefficient (Wildman–Crippen LogP) is 2.95. The lowest BCUT2D eigenvalue weighted by Gasteiger charge is -2.32. The van der Waals surface area contributed by atoms with Gasteiger partial charge < -0.3 is 9.80 Å². The Morgan fingerprint density at radius 2 is 1.75 bits per heavy atom. The molecule has 1 aliphatic carbocycles. The molecule has 0 aromatic heterocycles. The largest absolute Gasteiger partial charge is 0.331 e. The molecule has 0 N–H and O–H groups in total. The average Bonchev–Trinajstić information content (AvgIpc) is 3.08. The minimum Gasteiger partial charge on any atom is -0.331 e. The third-order valence-corrected chi connectivity index (χ3v) is 5.80. The smallest absolute Gasteiger partial charge is 0.248 e. The molecule has 6 heteroatoms. The molecule has 0 bridgehead atoms. The molecular formula is C22H31N3O3. The summed E-state index contributed by atoms with van der Waals surface area (Å²) in [6, 6.07) is 7.67. The zero-order valence-electron chi connectivity index (χ0n) is 17.2. The van der Waals surface area contributed by atoms with E-state index in [1.54, 1.807) is 14.7 Å². The Labute approximate surface area is 167 Å². The van der Waals surface area contributed by atoms with Crippen molar-refractivity contribution in [3.8, 4) is 0 Å². The quantitative estimate of drug-likeness (QED) is 0.783. The van der Waals surface area contributed by atoms with Gasteiger partial charge in [0.15, 0.2) is 0 Å². The maximum absolute atomic E-state index is 12.9. The van der Waals surface area contributed by atoms with Gasteiger partial charge in [0.05, 0.1) is 0 Å². The van der Waals surface area contributed by atoms with Crippen LogP contribution in [0.4, 0.5) is 5.69 Å². The van der Waals surface area contributed by atoms with E-state index >= 15 is 0 Å². The molecule has 2 aliphatic rings. The van der Waals surface area contributed by atoms with Crippen molar-refractivity contribution in [3.05, 3.63) is 29.8 Å². The highest BCUT2D eigenvalue weighted by molar-refractivity contribution is 6.00. The first kappa shape index (κ1) is 20.4. The average molecular weight is 386 g/mol. The highest BCUT2D eigenvalue weighted by Gasteiger charge is 2.34. The fourth-order valence-corrected chi connectivity index (χ4v) is 4.01. The summed E-state index contributed by atoms with van der Waals surface area (Å²) in [6.45, 7) is 6.24. The van der Waals surface area contributed by atoms with Gasteiger partial charge in [-0.3, -0.25) is 19.3 Å². The Hall–Kier alpha value is -2.37. The van der Waals surface area contributed by atoms with Crippen LogP contribution in [-0.4, -0.2) is 53.3 Å². The molecule has 0 atom stereocenters. The molecule has 3 amide bonds. The second-order valence-corrected chi connectivity index (χ2v) is 8.29. The Balaban J connectivity index is 1.64. The van der Waals surface area contributed by atoms with E-state index in [0.29, 0.717) is 0 Å². The molecule has 0 spiro atoms. The van der Waals surface area contributed by atoms with Crippen LogP contribution in [-0.2, 0) is 14.4 Å². The van der Waals surface area contributed by atoms with Crippen LogP contribution in [0, 0.1) is 12.8 Å². The van der Waals surface area contributed by atoms with Gasteiger partial charge in [0, 0.05) is 17.6 Å². The van der Waals surface area contributed by atoms with Gasteiger partial charge in [-0.25, -0.2) is 0 Å². The lowest BCUT2D eigenvalue weighted by Crippen LogP contribution is -2.48. The number of carbonyl (C=O) groups excluding carboxylic acids is 3. The first-order chi connectivity index (χ1) is 13.4. The highest BCUT2D eigenvalue weighted by Crippen LogP contribution is 2.26. The van der Waals surface area contributed by atoms with Crippen LogP contribution in [0.3, 0.4) is 0 Å². The number of hydrogen-bond donors (Lipinski definition) is 0. The van der Waals surface area contributed by atoms with Crippen molar-refractivity contribution in [1.29, 1.82) is 0 Å². The normalized spacial score (nSPS) is 18.1.